The molecule has 0 aliphatic heterocycles. The number of ketones is 1. The fourth-order valence-corrected chi connectivity index (χ4v) is 1.51. The minimum absolute atomic E-state index is 0.0984. The first-order chi connectivity index (χ1) is 9.65. The number of Topliss-reactive ketones (excluding diaryl/α,β-unsaturated/α-hetero) is 1. The van der Waals surface area contributed by atoms with Gasteiger partial charge in [0.2, 0.25) is 0 Å². The smallest absolute Gasteiger partial charge is 0.270 e. The van der Waals surface area contributed by atoms with Crippen molar-refractivity contribution in [2.24, 2.45) is 0 Å². The van der Waals surface area contributed by atoms with Crippen molar-refractivity contribution in [1.29, 1.82) is 0 Å². The van der Waals surface area contributed by atoms with Crippen molar-refractivity contribution in [3.63, 3.8) is 0 Å². The number of nitrogens with zero attached hydrogens (tertiary/aromatic N) is 1. The Bertz CT molecular complexity index is 447. The van der Waals surface area contributed by atoms with Crippen LogP contribution in [0.5, 0.6) is 0 Å². The second-order valence-electron chi connectivity index (χ2n) is 4.25. The summed E-state index contributed by atoms with van der Waals surface area (Å²) in [5, 5.41) is 10.6. The van der Waals surface area contributed by atoms with Crippen LogP contribution in [0.1, 0.15) is 30.1 Å². The lowest BCUT2D eigenvalue weighted by Crippen LogP contribution is -2.13. The van der Waals surface area contributed by atoms with Gasteiger partial charge in [0.15, 0.2) is 5.78 Å². The minimum atomic E-state index is -0.529. The molecule has 0 saturated heterocycles. The van der Waals surface area contributed by atoms with E-state index < -0.39 is 4.92 Å². The average Bonchev–Trinajstić information content (AvgIpc) is 2.46. The maximum atomic E-state index is 11.8. The Balaban J connectivity index is 2.29. The first-order valence-electron chi connectivity index (χ1n) is 6.58. The maximum absolute atomic E-state index is 11.8. The monoisotopic (exact) mass is 281 g/mol. The Kier molecular flexibility index (Phi) is 7.46. The quantitative estimate of drug-likeness (QED) is 0.285. The first kappa shape index (κ1) is 16.3. The lowest BCUT2D eigenvalue weighted by molar-refractivity contribution is -0.384. The van der Waals surface area contributed by atoms with Gasteiger partial charge in [0, 0.05) is 24.3 Å². The first-order valence-corrected chi connectivity index (χ1v) is 6.58. The molecule has 0 heterocycles. The molecule has 0 aliphatic rings. The third-order valence-corrected chi connectivity index (χ3v) is 2.63. The van der Waals surface area contributed by atoms with Crippen molar-refractivity contribution < 1.29 is 19.2 Å². The van der Waals surface area contributed by atoms with Crippen molar-refractivity contribution in [1.82, 2.24) is 0 Å². The Morgan fingerprint density at radius 2 is 2.00 bits per heavy atom. The largest absolute Gasteiger partial charge is 0.379 e. The summed E-state index contributed by atoms with van der Waals surface area (Å²) in [5.74, 6) is -0.276. The molecule has 0 bridgehead atoms. The van der Waals surface area contributed by atoms with Gasteiger partial charge >= 0.3 is 0 Å². The number of carbonyl (C=O) groups excluding carboxylic acids is 1. The molecule has 0 spiro atoms. The van der Waals surface area contributed by atoms with Crippen molar-refractivity contribution in [2.75, 3.05) is 26.4 Å². The number of benzene rings is 1. The summed E-state index contributed by atoms with van der Waals surface area (Å²) in [6.07, 6.45) is 2.08. The van der Waals surface area contributed by atoms with Gasteiger partial charge in [-0.3, -0.25) is 14.9 Å². The molecule has 20 heavy (non-hydrogen) atoms. The van der Waals surface area contributed by atoms with E-state index in [4.69, 9.17) is 9.47 Å². The maximum Gasteiger partial charge on any atom is 0.270 e. The number of rotatable bonds is 10. The number of ether oxygens (including phenoxy) is 2. The number of nitro groups is 1. The second-order valence-corrected chi connectivity index (χ2v) is 4.25. The number of hydrogen-bond acceptors (Lipinski definition) is 5. The van der Waals surface area contributed by atoms with Crippen LogP contribution in [0.25, 0.3) is 0 Å². The highest BCUT2D eigenvalue weighted by Crippen LogP contribution is 2.13. The molecule has 0 unspecified atom stereocenters. The molecule has 6 nitrogen and oxygen atoms in total. The molecular formula is C14H19NO5. The Labute approximate surface area is 117 Å². The standard InChI is InChI=1S/C14H19NO5/c1-2-3-7-19-8-9-20-11-14(16)12-5-4-6-13(10-12)15(17)18/h4-6,10H,2-3,7-9,11H2,1H3. The molecule has 0 saturated carbocycles. The van der Waals surface area contributed by atoms with Gasteiger partial charge in [0.25, 0.3) is 5.69 Å². The van der Waals surface area contributed by atoms with Crippen molar-refractivity contribution in [3.05, 3.63) is 39.9 Å². The third kappa shape index (κ3) is 5.90. The summed E-state index contributed by atoms with van der Waals surface area (Å²) in [4.78, 5) is 21.8. The van der Waals surface area contributed by atoms with Crippen LogP contribution in [0.4, 0.5) is 5.69 Å². The van der Waals surface area contributed by atoms with E-state index in [2.05, 4.69) is 6.92 Å². The van der Waals surface area contributed by atoms with Gasteiger partial charge in [-0.1, -0.05) is 25.5 Å². The second kappa shape index (κ2) is 9.17. The summed E-state index contributed by atoms with van der Waals surface area (Å²) < 4.78 is 10.5. The number of carbonyl (C=O) groups is 1. The van der Waals surface area contributed by atoms with Crippen molar-refractivity contribution in [3.8, 4) is 0 Å². The molecule has 0 amide bonds. The van der Waals surface area contributed by atoms with Crippen LogP contribution in [0.15, 0.2) is 24.3 Å². The van der Waals surface area contributed by atoms with Crippen LogP contribution in [0.3, 0.4) is 0 Å². The predicted octanol–water partition coefficient (Wildman–Crippen LogP) is 2.61. The molecule has 1 rings (SSSR count). The van der Waals surface area contributed by atoms with Crippen LogP contribution < -0.4 is 0 Å². The zero-order valence-corrected chi connectivity index (χ0v) is 11.5. The SMILES string of the molecule is CCCCOCCOCC(=O)c1cccc([N+](=O)[O-])c1. The number of hydrogen-bond donors (Lipinski definition) is 0. The van der Waals surface area contributed by atoms with Crippen LogP contribution in [-0.2, 0) is 9.47 Å². The van der Waals surface area contributed by atoms with Crippen LogP contribution in [-0.4, -0.2) is 37.1 Å². The zero-order chi connectivity index (χ0) is 14.8. The van der Waals surface area contributed by atoms with Gasteiger partial charge in [0.1, 0.15) is 6.61 Å². The lowest BCUT2D eigenvalue weighted by atomic mass is 10.1. The van der Waals surface area contributed by atoms with Crippen LogP contribution in [0.2, 0.25) is 0 Å². The molecule has 1 aromatic carbocycles. The summed E-state index contributed by atoms with van der Waals surface area (Å²) in [7, 11) is 0. The number of non-ortho nitro benzene ring substituents is 1. The van der Waals surface area contributed by atoms with Crippen LogP contribution >= 0.6 is 0 Å². The molecule has 0 N–H and O–H groups in total. The average molecular weight is 281 g/mol. The Morgan fingerprint density at radius 1 is 1.25 bits per heavy atom. The van der Waals surface area contributed by atoms with Gasteiger partial charge in [-0.15, -0.1) is 0 Å². The van der Waals surface area contributed by atoms with Gasteiger partial charge < -0.3 is 9.47 Å². The highest BCUT2D eigenvalue weighted by Gasteiger charge is 2.11. The van der Waals surface area contributed by atoms with E-state index in [1.165, 1.54) is 24.3 Å². The van der Waals surface area contributed by atoms with Gasteiger partial charge in [0.05, 0.1) is 18.1 Å². The van der Waals surface area contributed by atoms with Gasteiger partial charge in [-0.2, -0.15) is 0 Å². The normalized spacial score (nSPS) is 10.4. The summed E-state index contributed by atoms with van der Waals surface area (Å²) in [6.45, 7) is 3.46. The Morgan fingerprint density at radius 3 is 2.70 bits per heavy atom. The fourth-order valence-electron chi connectivity index (χ4n) is 1.51. The van der Waals surface area contributed by atoms with E-state index in [0.717, 1.165) is 12.8 Å². The molecule has 0 radical (unpaired) electrons. The van der Waals surface area contributed by atoms with Gasteiger partial charge in [-0.25, -0.2) is 0 Å². The molecule has 6 heteroatoms. The molecule has 0 atom stereocenters. The topological polar surface area (TPSA) is 78.7 Å². The predicted molar refractivity (Wildman–Crippen MR) is 74.0 cm³/mol. The van der Waals surface area contributed by atoms with Crippen LogP contribution in [0, 0.1) is 10.1 Å². The van der Waals surface area contributed by atoms with Crippen molar-refractivity contribution in [2.45, 2.75) is 19.8 Å². The Hall–Kier alpha value is -1.79. The van der Waals surface area contributed by atoms with E-state index in [1.807, 2.05) is 0 Å². The molecule has 0 fully saturated rings. The van der Waals surface area contributed by atoms with E-state index in [-0.39, 0.29) is 23.6 Å². The molecule has 1 aromatic rings. The fraction of sp³-hybridized carbons (Fsp3) is 0.500. The third-order valence-electron chi connectivity index (χ3n) is 2.63. The summed E-state index contributed by atoms with van der Waals surface area (Å²) in [5.41, 5.74) is 0.185. The van der Waals surface area contributed by atoms with Crippen molar-refractivity contribution >= 4 is 11.5 Å². The summed E-state index contributed by atoms with van der Waals surface area (Å²) >= 11 is 0. The summed E-state index contributed by atoms with van der Waals surface area (Å²) in [6, 6.07) is 5.62. The van der Waals surface area contributed by atoms with E-state index >= 15 is 0 Å². The zero-order valence-electron chi connectivity index (χ0n) is 11.5. The highest BCUT2D eigenvalue weighted by atomic mass is 16.6. The molecule has 0 aliphatic carbocycles. The highest BCUT2D eigenvalue weighted by molar-refractivity contribution is 5.97. The van der Waals surface area contributed by atoms with E-state index in [0.29, 0.717) is 19.8 Å². The van der Waals surface area contributed by atoms with E-state index in [1.54, 1.807) is 0 Å². The lowest BCUT2D eigenvalue weighted by Gasteiger charge is -2.05. The van der Waals surface area contributed by atoms with E-state index in [9.17, 15) is 14.9 Å². The van der Waals surface area contributed by atoms with Gasteiger partial charge in [-0.05, 0) is 6.42 Å². The minimum Gasteiger partial charge on any atom is -0.379 e. The number of nitro benzene ring substituents is 1. The number of unbranched alkanes of at least 4 members (excludes halogenated alkanes) is 1. The molecule has 0 aromatic heterocycles. The molecular weight excluding hydrogens is 262 g/mol. The molecule has 110 valence electrons.